The van der Waals surface area contributed by atoms with Gasteiger partial charge in [0.15, 0.2) is 0 Å². The van der Waals surface area contributed by atoms with Crippen LogP contribution in [0.3, 0.4) is 0 Å². The van der Waals surface area contributed by atoms with Crippen LogP contribution >= 0.6 is 0 Å². The van der Waals surface area contributed by atoms with E-state index in [1.54, 1.807) is 0 Å². The van der Waals surface area contributed by atoms with E-state index >= 15 is 0 Å². The summed E-state index contributed by atoms with van der Waals surface area (Å²) in [6.07, 6.45) is 2.01. The van der Waals surface area contributed by atoms with E-state index in [1.807, 2.05) is 0 Å². The molecule has 0 aliphatic carbocycles. The number of benzene rings is 1. The van der Waals surface area contributed by atoms with Gasteiger partial charge in [0.25, 0.3) is 0 Å². The van der Waals surface area contributed by atoms with Gasteiger partial charge in [-0.1, -0.05) is 12.1 Å². The van der Waals surface area contributed by atoms with Crippen molar-refractivity contribution >= 4 is 26.3 Å². The van der Waals surface area contributed by atoms with Crippen LogP contribution in [0, 0.1) is 0 Å². The normalized spacial score (nSPS) is 12.8. The Morgan fingerprint density at radius 3 is 2.06 bits per heavy atom. The van der Waals surface area contributed by atoms with Crippen molar-refractivity contribution in [2.45, 2.75) is 0 Å². The molecule has 0 spiro atoms. The van der Waals surface area contributed by atoms with Gasteiger partial charge in [0.05, 0.1) is 6.26 Å². The highest BCUT2D eigenvalue weighted by Crippen LogP contribution is 2.14. The zero-order valence-electron chi connectivity index (χ0n) is 8.73. The van der Waals surface area contributed by atoms with Gasteiger partial charge in [0.1, 0.15) is 15.9 Å². The maximum atomic E-state index is 10.8. The Hall–Kier alpha value is -1.38. The SMILES string of the molecule is CS(=O)(=O)Oc1ccc(/C=C/S(=O)(=O)[O-])cc1. The van der Waals surface area contributed by atoms with Crippen LogP contribution in [0.2, 0.25) is 0 Å². The third-order valence-corrected chi connectivity index (χ3v) is 2.52. The van der Waals surface area contributed by atoms with Crippen molar-refractivity contribution in [2.24, 2.45) is 0 Å². The first kappa shape index (κ1) is 13.7. The topological polar surface area (TPSA) is 101 Å². The molecule has 1 aromatic carbocycles. The fourth-order valence-corrected chi connectivity index (χ4v) is 1.76. The molecule has 0 amide bonds. The van der Waals surface area contributed by atoms with Crippen molar-refractivity contribution in [2.75, 3.05) is 6.26 Å². The van der Waals surface area contributed by atoms with Crippen LogP contribution in [0.5, 0.6) is 5.75 Å². The third-order valence-electron chi connectivity index (χ3n) is 1.55. The summed E-state index contributed by atoms with van der Waals surface area (Å²) in [6.45, 7) is 0. The standard InChI is InChI=1S/C9H10O6S2/c1-16(10,11)15-9-4-2-8(3-5-9)6-7-17(12,13)14/h2-7H,1H3,(H,12,13,14)/p-1/b7-6+. The number of hydrogen-bond acceptors (Lipinski definition) is 6. The summed E-state index contributed by atoms with van der Waals surface area (Å²) in [7, 11) is -8.01. The number of rotatable bonds is 4. The first-order valence-corrected chi connectivity index (χ1v) is 7.58. The van der Waals surface area contributed by atoms with E-state index in [9.17, 15) is 21.4 Å². The zero-order valence-corrected chi connectivity index (χ0v) is 10.4. The van der Waals surface area contributed by atoms with Crippen LogP contribution in [0.25, 0.3) is 6.08 Å². The molecule has 0 unspecified atom stereocenters. The minimum absolute atomic E-state index is 0.106. The molecule has 0 heterocycles. The molecule has 0 saturated carbocycles. The van der Waals surface area contributed by atoms with Gasteiger partial charge in [-0.2, -0.15) is 8.42 Å². The Morgan fingerprint density at radius 2 is 1.65 bits per heavy atom. The second kappa shape index (κ2) is 4.86. The summed E-state index contributed by atoms with van der Waals surface area (Å²) >= 11 is 0. The quantitative estimate of drug-likeness (QED) is 0.588. The van der Waals surface area contributed by atoms with Crippen molar-refractivity contribution in [1.29, 1.82) is 0 Å². The van der Waals surface area contributed by atoms with E-state index in [2.05, 4.69) is 4.18 Å². The maximum absolute atomic E-state index is 10.8. The predicted molar refractivity (Wildman–Crippen MR) is 60.6 cm³/mol. The van der Waals surface area contributed by atoms with Crippen LogP contribution in [-0.4, -0.2) is 27.6 Å². The molecule has 0 atom stereocenters. The van der Waals surface area contributed by atoms with Gasteiger partial charge in [0.2, 0.25) is 0 Å². The van der Waals surface area contributed by atoms with Gasteiger partial charge >= 0.3 is 10.1 Å². The van der Waals surface area contributed by atoms with Crippen LogP contribution in [-0.2, 0) is 20.2 Å². The highest BCUT2D eigenvalue weighted by Gasteiger charge is 2.02. The minimum Gasteiger partial charge on any atom is -0.744 e. The second-order valence-electron chi connectivity index (χ2n) is 3.15. The van der Waals surface area contributed by atoms with Gasteiger partial charge in [-0.15, -0.1) is 0 Å². The first-order valence-electron chi connectivity index (χ1n) is 4.29. The highest BCUT2D eigenvalue weighted by atomic mass is 32.2. The Morgan fingerprint density at radius 1 is 1.12 bits per heavy atom. The fourth-order valence-electron chi connectivity index (χ4n) is 0.971. The van der Waals surface area contributed by atoms with E-state index in [0.717, 1.165) is 12.3 Å². The third kappa shape index (κ3) is 6.05. The average Bonchev–Trinajstić information content (AvgIpc) is 2.13. The summed E-state index contributed by atoms with van der Waals surface area (Å²) in [5.41, 5.74) is 0.435. The molecule has 0 radical (unpaired) electrons. The van der Waals surface area contributed by atoms with Gasteiger partial charge in [0, 0.05) is 5.41 Å². The van der Waals surface area contributed by atoms with E-state index in [0.29, 0.717) is 11.0 Å². The molecule has 0 aliphatic heterocycles. The number of hydrogen-bond donors (Lipinski definition) is 0. The molecular formula is C9H9O6S2-. The lowest BCUT2D eigenvalue weighted by molar-refractivity contribution is 0.474. The fraction of sp³-hybridized carbons (Fsp3) is 0.111. The maximum Gasteiger partial charge on any atom is 0.306 e. The van der Waals surface area contributed by atoms with Crippen LogP contribution in [0.15, 0.2) is 29.7 Å². The van der Waals surface area contributed by atoms with E-state index in [-0.39, 0.29) is 5.75 Å². The average molecular weight is 277 g/mol. The summed E-state index contributed by atoms with van der Waals surface area (Å²) in [5.74, 6) is 0.106. The molecule has 1 rings (SSSR count). The van der Waals surface area contributed by atoms with E-state index in [4.69, 9.17) is 0 Å². The molecule has 94 valence electrons. The van der Waals surface area contributed by atoms with Crippen molar-refractivity contribution in [3.05, 3.63) is 35.2 Å². The first-order chi connectivity index (χ1) is 7.66. The van der Waals surface area contributed by atoms with E-state index < -0.39 is 20.2 Å². The second-order valence-corrected chi connectivity index (χ2v) is 5.98. The Balaban J connectivity index is 2.86. The Kier molecular flexibility index (Phi) is 3.91. The van der Waals surface area contributed by atoms with Crippen LogP contribution in [0.4, 0.5) is 0 Å². The lowest BCUT2D eigenvalue weighted by Gasteiger charge is -2.03. The van der Waals surface area contributed by atoms with Crippen molar-refractivity contribution < 1.29 is 25.6 Å². The molecule has 0 N–H and O–H groups in total. The zero-order chi connectivity index (χ0) is 13.1. The molecule has 0 aliphatic rings. The largest absolute Gasteiger partial charge is 0.744 e. The highest BCUT2D eigenvalue weighted by molar-refractivity contribution is 7.88. The van der Waals surface area contributed by atoms with Gasteiger partial charge in [-0.3, -0.25) is 0 Å². The molecular weight excluding hydrogens is 268 g/mol. The van der Waals surface area contributed by atoms with Crippen LogP contribution in [0.1, 0.15) is 5.56 Å². The Labute approximate surface area is 99.4 Å². The minimum atomic E-state index is -4.42. The van der Waals surface area contributed by atoms with Crippen molar-refractivity contribution in [3.63, 3.8) is 0 Å². The summed E-state index contributed by atoms with van der Waals surface area (Å²) in [6, 6.07) is 5.53. The molecule has 6 nitrogen and oxygen atoms in total. The lowest BCUT2D eigenvalue weighted by Crippen LogP contribution is -2.05. The van der Waals surface area contributed by atoms with Gasteiger partial charge < -0.3 is 8.74 Å². The molecule has 0 saturated heterocycles. The molecule has 0 bridgehead atoms. The predicted octanol–water partition coefficient (Wildman–Crippen LogP) is 0.541. The molecule has 17 heavy (non-hydrogen) atoms. The lowest BCUT2D eigenvalue weighted by atomic mass is 10.2. The van der Waals surface area contributed by atoms with Crippen molar-refractivity contribution in [3.8, 4) is 5.75 Å². The summed E-state index contributed by atoms with van der Waals surface area (Å²) in [4.78, 5) is 0. The molecule has 8 heteroatoms. The summed E-state index contributed by atoms with van der Waals surface area (Å²) < 4.78 is 57.1. The smallest absolute Gasteiger partial charge is 0.306 e. The molecule has 0 aromatic heterocycles. The van der Waals surface area contributed by atoms with Crippen molar-refractivity contribution in [1.82, 2.24) is 0 Å². The molecule has 1 aromatic rings. The van der Waals surface area contributed by atoms with Crippen LogP contribution < -0.4 is 4.18 Å². The van der Waals surface area contributed by atoms with Gasteiger partial charge in [-0.25, -0.2) is 8.42 Å². The van der Waals surface area contributed by atoms with Gasteiger partial charge in [-0.05, 0) is 23.8 Å². The Bertz CT molecular complexity index is 610. The summed E-state index contributed by atoms with van der Waals surface area (Å²) in [5, 5.41) is 0.513. The van der Waals surface area contributed by atoms with E-state index in [1.165, 1.54) is 24.3 Å². The molecule has 0 fully saturated rings. The monoisotopic (exact) mass is 277 g/mol.